The quantitative estimate of drug-likeness (QED) is 0.515. The van der Waals surface area contributed by atoms with Gasteiger partial charge in [-0.25, -0.2) is 4.39 Å². The number of hydrazone groups is 1. The Hall–Kier alpha value is -2.21. The molecule has 1 aromatic carbocycles. The van der Waals surface area contributed by atoms with E-state index < -0.39 is 0 Å². The molecule has 6 heteroatoms. The van der Waals surface area contributed by atoms with E-state index in [-0.39, 0.29) is 10.9 Å². The van der Waals surface area contributed by atoms with Crippen LogP contribution in [0.25, 0.3) is 0 Å². The standard InChI is InChI=1S/C15H16FN3OS/c1-9-8-12(11(3)20-9)10(2)18-19-15(21)17-14-7-5-4-6-13(14)16/h4-8H,1-3H3,(H2,17,19,21)/b18-10-. The van der Waals surface area contributed by atoms with Crippen LogP contribution in [0.1, 0.15) is 24.0 Å². The second-order valence-electron chi connectivity index (χ2n) is 4.57. The molecule has 1 aromatic heterocycles. The third kappa shape index (κ3) is 3.88. The van der Waals surface area contributed by atoms with E-state index in [0.29, 0.717) is 5.69 Å². The van der Waals surface area contributed by atoms with Crippen molar-refractivity contribution >= 4 is 28.7 Å². The lowest BCUT2D eigenvalue weighted by molar-refractivity contribution is 0.504. The van der Waals surface area contributed by atoms with Crippen LogP contribution in [-0.4, -0.2) is 10.8 Å². The maximum atomic E-state index is 13.5. The molecular formula is C15H16FN3OS. The molecule has 0 amide bonds. The van der Waals surface area contributed by atoms with Crippen molar-refractivity contribution in [2.45, 2.75) is 20.8 Å². The number of nitrogens with one attached hydrogen (secondary N) is 2. The SMILES string of the molecule is C/C(=N/NC(=S)Nc1ccccc1F)c1cc(C)oc1C. The second kappa shape index (κ2) is 6.49. The van der Waals surface area contributed by atoms with E-state index >= 15 is 0 Å². The maximum absolute atomic E-state index is 13.5. The van der Waals surface area contributed by atoms with E-state index in [9.17, 15) is 4.39 Å². The number of para-hydroxylation sites is 1. The largest absolute Gasteiger partial charge is 0.466 e. The predicted octanol–water partition coefficient (Wildman–Crippen LogP) is 3.75. The van der Waals surface area contributed by atoms with Crippen LogP contribution in [0.2, 0.25) is 0 Å². The molecule has 0 aliphatic carbocycles. The number of thiocarbonyl (C=S) groups is 1. The van der Waals surface area contributed by atoms with Gasteiger partial charge in [0.15, 0.2) is 5.11 Å². The lowest BCUT2D eigenvalue weighted by atomic mass is 10.2. The van der Waals surface area contributed by atoms with Crippen molar-refractivity contribution in [1.82, 2.24) is 5.43 Å². The van der Waals surface area contributed by atoms with Crippen LogP contribution in [-0.2, 0) is 0 Å². The first-order chi connectivity index (χ1) is 9.97. The van der Waals surface area contributed by atoms with E-state index in [2.05, 4.69) is 15.8 Å². The summed E-state index contributed by atoms with van der Waals surface area (Å²) in [5.41, 5.74) is 4.65. The van der Waals surface area contributed by atoms with Gasteiger partial charge in [0.25, 0.3) is 0 Å². The highest BCUT2D eigenvalue weighted by Crippen LogP contribution is 2.14. The first-order valence-corrected chi connectivity index (χ1v) is 6.81. The van der Waals surface area contributed by atoms with Gasteiger partial charge in [-0.15, -0.1) is 0 Å². The monoisotopic (exact) mass is 305 g/mol. The summed E-state index contributed by atoms with van der Waals surface area (Å²) in [5.74, 6) is 1.25. The molecule has 0 unspecified atom stereocenters. The summed E-state index contributed by atoms with van der Waals surface area (Å²) in [7, 11) is 0. The van der Waals surface area contributed by atoms with Crippen molar-refractivity contribution in [3.05, 3.63) is 53.2 Å². The molecule has 0 saturated carbocycles. The van der Waals surface area contributed by atoms with Gasteiger partial charge in [-0.05, 0) is 51.2 Å². The van der Waals surface area contributed by atoms with Crippen molar-refractivity contribution in [2.75, 3.05) is 5.32 Å². The van der Waals surface area contributed by atoms with Gasteiger partial charge in [-0.1, -0.05) is 12.1 Å². The third-order valence-electron chi connectivity index (χ3n) is 2.88. The fraction of sp³-hybridized carbons (Fsp3) is 0.200. The third-order valence-corrected chi connectivity index (χ3v) is 3.07. The van der Waals surface area contributed by atoms with Crippen LogP contribution in [0.4, 0.5) is 10.1 Å². The van der Waals surface area contributed by atoms with Gasteiger partial charge in [0.05, 0.1) is 11.4 Å². The maximum Gasteiger partial charge on any atom is 0.191 e. The predicted molar refractivity (Wildman–Crippen MR) is 86.1 cm³/mol. The number of hydrogen-bond donors (Lipinski definition) is 2. The van der Waals surface area contributed by atoms with Crippen LogP contribution < -0.4 is 10.7 Å². The first-order valence-electron chi connectivity index (χ1n) is 6.40. The molecule has 0 aliphatic rings. The molecule has 4 nitrogen and oxygen atoms in total. The summed E-state index contributed by atoms with van der Waals surface area (Å²) in [6, 6.07) is 8.20. The molecule has 1 heterocycles. The Labute approximate surface area is 128 Å². The number of hydrogen-bond acceptors (Lipinski definition) is 3. The molecule has 21 heavy (non-hydrogen) atoms. The van der Waals surface area contributed by atoms with Crippen LogP contribution in [0, 0.1) is 19.7 Å². The number of anilines is 1. The molecule has 0 radical (unpaired) electrons. The topological polar surface area (TPSA) is 49.6 Å². The Kier molecular flexibility index (Phi) is 4.70. The zero-order valence-electron chi connectivity index (χ0n) is 12.0. The number of halogens is 1. The second-order valence-corrected chi connectivity index (χ2v) is 4.98. The lowest BCUT2D eigenvalue weighted by Gasteiger charge is -2.08. The fourth-order valence-electron chi connectivity index (χ4n) is 1.90. The van der Waals surface area contributed by atoms with Crippen LogP contribution >= 0.6 is 12.2 Å². The average molecular weight is 305 g/mol. The van der Waals surface area contributed by atoms with Gasteiger partial charge in [0.2, 0.25) is 0 Å². The average Bonchev–Trinajstić information content (AvgIpc) is 2.78. The lowest BCUT2D eigenvalue weighted by Crippen LogP contribution is -2.25. The first kappa shape index (κ1) is 15.2. The summed E-state index contributed by atoms with van der Waals surface area (Å²) in [5, 5.41) is 7.15. The van der Waals surface area contributed by atoms with Crippen molar-refractivity contribution in [3.8, 4) is 0 Å². The minimum Gasteiger partial charge on any atom is -0.466 e. The highest BCUT2D eigenvalue weighted by atomic mass is 32.1. The molecule has 2 rings (SSSR count). The van der Waals surface area contributed by atoms with Crippen molar-refractivity contribution in [3.63, 3.8) is 0 Å². The molecule has 0 fully saturated rings. The van der Waals surface area contributed by atoms with Gasteiger partial charge in [0, 0.05) is 5.56 Å². The molecule has 0 aliphatic heterocycles. The molecule has 2 N–H and O–H groups in total. The van der Waals surface area contributed by atoms with Crippen molar-refractivity contribution in [2.24, 2.45) is 5.10 Å². The Balaban J connectivity index is 2.02. The van der Waals surface area contributed by atoms with Gasteiger partial charge in [0.1, 0.15) is 17.3 Å². The molecule has 2 aromatic rings. The van der Waals surface area contributed by atoms with Crippen LogP contribution in [0.3, 0.4) is 0 Å². The minimum atomic E-state index is -0.372. The minimum absolute atomic E-state index is 0.220. The van der Waals surface area contributed by atoms with Gasteiger partial charge in [-0.3, -0.25) is 5.43 Å². The molecule has 110 valence electrons. The summed E-state index contributed by atoms with van der Waals surface area (Å²) < 4.78 is 18.9. The summed E-state index contributed by atoms with van der Waals surface area (Å²) in [4.78, 5) is 0. The molecule has 0 bridgehead atoms. The molecule has 0 atom stereocenters. The van der Waals surface area contributed by atoms with Crippen LogP contribution in [0.5, 0.6) is 0 Å². The molecular weight excluding hydrogens is 289 g/mol. The van der Waals surface area contributed by atoms with E-state index in [0.717, 1.165) is 22.8 Å². The van der Waals surface area contributed by atoms with E-state index in [1.54, 1.807) is 18.2 Å². The van der Waals surface area contributed by atoms with Gasteiger partial charge in [-0.2, -0.15) is 5.10 Å². The van der Waals surface area contributed by atoms with Gasteiger partial charge < -0.3 is 9.73 Å². The Morgan fingerprint density at radius 3 is 2.62 bits per heavy atom. The molecule has 0 spiro atoms. The normalized spacial score (nSPS) is 11.3. The fourth-order valence-corrected chi connectivity index (χ4v) is 2.05. The highest BCUT2D eigenvalue weighted by molar-refractivity contribution is 7.80. The number of rotatable bonds is 3. The summed E-state index contributed by atoms with van der Waals surface area (Å²) in [6.45, 7) is 5.59. The number of aryl methyl sites for hydroxylation is 2. The summed E-state index contributed by atoms with van der Waals surface area (Å²) >= 11 is 5.08. The van der Waals surface area contributed by atoms with E-state index in [1.807, 2.05) is 26.8 Å². The number of furan rings is 1. The number of nitrogens with zero attached hydrogens (tertiary/aromatic N) is 1. The Morgan fingerprint density at radius 1 is 1.29 bits per heavy atom. The van der Waals surface area contributed by atoms with E-state index in [1.165, 1.54) is 6.07 Å². The zero-order valence-corrected chi connectivity index (χ0v) is 12.8. The zero-order chi connectivity index (χ0) is 15.4. The Bertz CT molecular complexity index is 694. The van der Waals surface area contributed by atoms with E-state index in [4.69, 9.17) is 16.6 Å². The van der Waals surface area contributed by atoms with Crippen molar-refractivity contribution < 1.29 is 8.81 Å². The highest BCUT2D eigenvalue weighted by Gasteiger charge is 2.08. The van der Waals surface area contributed by atoms with Crippen molar-refractivity contribution in [1.29, 1.82) is 0 Å². The smallest absolute Gasteiger partial charge is 0.191 e. The molecule has 0 saturated heterocycles. The van der Waals surface area contributed by atoms with Gasteiger partial charge >= 0.3 is 0 Å². The van der Waals surface area contributed by atoms with Crippen LogP contribution in [0.15, 0.2) is 39.9 Å². The Morgan fingerprint density at radius 2 is 2.00 bits per heavy atom. The summed E-state index contributed by atoms with van der Waals surface area (Å²) in [6.07, 6.45) is 0. The number of benzene rings is 1.